The van der Waals surface area contributed by atoms with Crippen LogP contribution in [0.5, 0.6) is 0 Å². The molecule has 5 nitrogen and oxygen atoms in total. The zero-order valence-corrected chi connectivity index (χ0v) is 8.62. The quantitative estimate of drug-likeness (QED) is 0.496. The smallest absolute Gasteiger partial charge is 0.320 e. The van der Waals surface area contributed by atoms with E-state index in [1.165, 1.54) is 18.9 Å². The molecule has 0 bridgehead atoms. The van der Waals surface area contributed by atoms with Crippen LogP contribution in [0.2, 0.25) is 0 Å². The van der Waals surface area contributed by atoms with Crippen LogP contribution in [0.1, 0.15) is 0 Å². The Kier molecular flexibility index (Phi) is 6.87. The van der Waals surface area contributed by atoms with Gasteiger partial charge in [-0.05, 0) is 0 Å². The Bertz CT molecular complexity index is 223. The normalized spacial score (nSPS) is 18.3. The summed E-state index contributed by atoms with van der Waals surface area (Å²) in [5, 5.41) is 8.06. The molecule has 0 fully saturated rings. The van der Waals surface area contributed by atoms with E-state index >= 15 is 0 Å². The minimum atomic E-state index is -0.733. The summed E-state index contributed by atoms with van der Waals surface area (Å²) in [5.41, 5.74) is 4.81. The fourth-order valence-corrected chi connectivity index (χ4v) is 1.43. The van der Waals surface area contributed by atoms with Gasteiger partial charge in [-0.15, -0.1) is 11.8 Å². The third kappa shape index (κ3) is 5.60. The van der Waals surface area contributed by atoms with Crippen LogP contribution in [0.15, 0.2) is 12.2 Å². The Morgan fingerprint density at radius 3 is 2.50 bits per heavy atom. The van der Waals surface area contributed by atoms with Crippen LogP contribution in [0.25, 0.3) is 0 Å². The average molecular weight is 219 g/mol. The zero-order valence-electron chi connectivity index (χ0n) is 7.80. The molecule has 1 rings (SSSR count). The molecule has 0 aromatic rings. The fourth-order valence-electron chi connectivity index (χ4n) is 0.631. The van der Waals surface area contributed by atoms with Crippen molar-refractivity contribution in [1.29, 1.82) is 0 Å². The van der Waals surface area contributed by atoms with Crippen LogP contribution in [0, 0.1) is 0 Å². The predicted octanol–water partition coefficient (Wildman–Crippen LogP) is -0.139. The number of ether oxygens (including phenoxy) is 1. The first-order valence-corrected chi connectivity index (χ1v) is 4.94. The summed E-state index contributed by atoms with van der Waals surface area (Å²) in [6, 6.07) is 0. The van der Waals surface area contributed by atoms with Crippen molar-refractivity contribution in [3.05, 3.63) is 12.2 Å². The fraction of sp³-hybridized carbons (Fsp3) is 0.500. The van der Waals surface area contributed by atoms with Gasteiger partial charge in [0.1, 0.15) is 5.25 Å². The number of carboxylic acids is 1. The maximum atomic E-state index is 10.1. The second kappa shape index (κ2) is 7.40. The molecule has 6 heteroatoms. The van der Waals surface area contributed by atoms with E-state index < -0.39 is 5.97 Å². The second-order valence-corrected chi connectivity index (χ2v) is 3.48. The molecule has 1 aliphatic rings. The van der Waals surface area contributed by atoms with E-state index in [2.05, 4.69) is 4.74 Å². The van der Waals surface area contributed by atoms with E-state index in [0.29, 0.717) is 0 Å². The van der Waals surface area contributed by atoms with Gasteiger partial charge in [-0.25, -0.2) is 0 Å². The van der Waals surface area contributed by atoms with E-state index in [1.54, 1.807) is 6.08 Å². The van der Waals surface area contributed by atoms with Crippen molar-refractivity contribution >= 4 is 23.7 Å². The van der Waals surface area contributed by atoms with Crippen molar-refractivity contribution in [2.75, 3.05) is 19.4 Å². The molecule has 14 heavy (non-hydrogen) atoms. The first-order chi connectivity index (χ1) is 6.61. The second-order valence-electron chi connectivity index (χ2n) is 2.30. The zero-order chi connectivity index (χ0) is 11.0. The molecular formula is C8H13NO4S. The number of nitrogens with two attached hydrogens (primary N) is 1. The maximum absolute atomic E-state index is 10.1. The summed E-state index contributed by atoms with van der Waals surface area (Å²) in [6.07, 6.45) is 3.59. The summed E-state index contributed by atoms with van der Waals surface area (Å²) >= 11 is 1.44. The van der Waals surface area contributed by atoms with E-state index in [-0.39, 0.29) is 17.8 Å². The van der Waals surface area contributed by atoms with Crippen molar-refractivity contribution in [2.24, 2.45) is 5.73 Å². The number of methoxy groups -OCH3 is 1. The lowest BCUT2D eigenvalue weighted by Crippen LogP contribution is -2.14. The van der Waals surface area contributed by atoms with E-state index in [4.69, 9.17) is 10.8 Å². The number of thioether (sulfide) groups is 1. The van der Waals surface area contributed by atoms with Gasteiger partial charge in [0.05, 0.1) is 13.7 Å². The molecule has 0 spiro atoms. The van der Waals surface area contributed by atoms with Gasteiger partial charge in [-0.2, -0.15) is 0 Å². The van der Waals surface area contributed by atoms with E-state index in [1.807, 2.05) is 6.08 Å². The molecule has 0 saturated heterocycles. The number of carbonyl (C=O) groups is 2. The highest BCUT2D eigenvalue weighted by Crippen LogP contribution is 2.18. The first-order valence-electron chi connectivity index (χ1n) is 3.89. The topological polar surface area (TPSA) is 89.6 Å². The van der Waals surface area contributed by atoms with E-state index in [0.717, 1.165) is 5.75 Å². The van der Waals surface area contributed by atoms with Crippen LogP contribution in [0.3, 0.4) is 0 Å². The first kappa shape index (κ1) is 13.0. The Balaban J connectivity index is 0.000000255. The number of hydrogen-bond acceptors (Lipinski definition) is 5. The largest absolute Gasteiger partial charge is 0.480 e. The van der Waals surface area contributed by atoms with Crippen molar-refractivity contribution in [3.8, 4) is 0 Å². The van der Waals surface area contributed by atoms with Gasteiger partial charge in [-0.3, -0.25) is 9.59 Å². The predicted molar refractivity (Wildman–Crippen MR) is 54.1 cm³/mol. The number of rotatable bonds is 2. The summed E-state index contributed by atoms with van der Waals surface area (Å²) in [5.74, 6) is -0.268. The number of hydrogen-bond donors (Lipinski definition) is 2. The number of carbonyl (C=O) groups excluding carboxylic acids is 1. The molecule has 1 atom stereocenters. The van der Waals surface area contributed by atoms with Crippen molar-refractivity contribution in [2.45, 2.75) is 5.25 Å². The molecule has 0 radical (unpaired) electrons. The standard InChI is InChI=1S/C5H6O2S.C3H7NO2/c6-5(7)4-2-1-3-8-4;1-6-3(5)2-4/h1-2,4H,3H2,(H,6,7);2,4H2,1H3. The van der Waals surface area contributed by atoms with Gasteiger partial charge in [0.25, 0.3) is 0 Å². The van der Waals surface area contributed by atoms with Gasteiger partial charge in [0, 0.05) is 5.75 Å². The van der Waals surface area contributed by atoms with Crippen LogP contribution in [-0.4, -0.2) is 41.7 Å². The summed E-state index contributed by atoms with van der Waals surface area (Å²) < 4.78 is 4.14. The van der Waals surface area contributed by atoms with E-state index in [9.17, 15) is 9.59 Å². The Hall–Kier alpha value is -1.01. The Morgan fingerprint density at radius 1 is 1.71 bits per heavy atom. The number of carboxylic acid groups (broad SMARTS) is 1. The summed E-state index contributed by atoms with van der Waals surface area (Å²) in [6.45, 7) is -0.0312. The lowest BCUT2D eigenvalue weighted by molar-refractivity contribution is -0.139. The van der Waals surface area contributed by atoms with Crippen molar-refractivity contribution in [1.82, 2.24) is 0 Å². The van der Waals surface area contributed by atoms with Crippen LogP contribution < -0.4 is 5.73 Å². The van der Waals surface area contributed by atoms with Gasteiger partial charge < -0.3 is 15.6 Å². The molecule has 0 aliphatic carbocycles. The third-order valence-corrected chi connectivity index (χ3v) is 2.42. The molecule has 0 saturated carbocycles. The van der Waals surface area contributed by atoms with Gasteiger partial charge in [0.15, 0.2) is 0 Å². The average Bonchev–Trinajstić information content (AvgIpc) is 2.70. The molecule has 0 amide bonds. The lowest BCUT2D eigenvalue weighted by atomic mass is 10.4. The maximum Gasteiger partial charge on any atom is 0.320 e. The summed E-state index contributed by atoms with van der Waals surface area (Å²) in [7, 11) is 1.30. The highest BCUT2D eigenvalue weighted by Gasteiger charge is 2.16. The van der Waals surface area contributed by atoms with Gasteiger partial charge >= 0.3 is 11.9 Å². The molecule has 1 aliphatic heterocycles. The van der Waals surface area contributed by atoms with Crippen molar-refractivity contribution in [3.63, 3.8) is 0 Å². The van der Waals surface area contributed by atoms with Gasteiger partial charge in [0.2, 0.25) is 0 Å². The minimum Gasteiger partial charge on any atom is -0.480 e. The third-order valence-electron chi connectivity index (χ3n) is 1.32. The minimum absolute atomic E-state index is 0.0312. The SMILES string of the molecule is COC(=O)CN.O=C(O)C1C=CCS1. The van der Waals surface area contributed by atoms with Crippen LogP contribution in [0.4, 0.5) is 0 Å². The number of esters is 1. The van der Waals surface area contributed by atoms with Crippen molar-refractivity contribution < 1.29 is 19.4 Å². The number of aliphatic carboxylic acids is 1. The van der Waals surface area contributed by atoms with Crippen LogP contribution in [-0.2, 0) is 14.3 Å². The molecule has 1 heterocycles. The molecular weight excluding hydrogens is 206 g/mol. The molecule has 0 aromatic carbocycles. The molecule has 1 unspecified atom stereocenters. The lowest BCUT2D eigenvalue weighted by Gasteiger charge is -1.95. The van der Waals surface area contributed by atoms with Gasteiger partial charge in [-0.1, -0.05) is 12.2 Å². The monoisotopic (exact) mass is 219 g/mol. The summed E-state index contributed by atoms with van der Waals surface area (Å²) in [4.78, 5) is 20.0. The highest BCUT2D eigenvalue weighted by molar-refractivity contribution is 8.01. The van der Waals surface area contributed by atoms with Crippen LogP contribution >= 0.6 is 11.8 Å². The Morgan fingerprint density at radius 2 is 2.36 bits per heavy atom. The highest BCUT2D eigenvalue weighted by atomic mass is 32.2. The Labute approximate surface area is 86.3 Å². The molecule has 0 aromatic heterocycles. The molecule has 3 N–H and O–H groups in total. The molecule has 80 valence electrons.